The fourth-order valence-electron chi connectivity index (χ4n) is 3.28. The first-order valence-electron chi connectivity index (χ1n) is 7.15. The zero-order valence-corrected chi connectivity index (χ0v) is 12.2. The molecule has 1 unspecified atom stereocenters. The summed E-state index contributed by atoms with van der Waals surface area (Å²) in [5.74, 6) is 0.253. The van der Waals surface area contributed by atoms with Crippen LogP contribution in [0.4, 0.5) is 0 Å². The summed E-state index contributed by atoms with van der Waals surface area (Å²) in [5.41, 5.74) is 5.81. The Labute approximate surface area is 115 Å². The van der Waals surface area contributed by atoms with E-state index in [1.165, 1.54) is 6.42 Å². The molecule has 6 heteroatoms. The van der Waals surface area contributed by atoms with Gasteiger partial charge in [0.05, 0.1) is 11.5 Å². The van der Waals surface area contributed by atoms with Gasteiger partial charge < -0.3 is 11.1 Å². The van der Waals surface area contributed by atoms with Crippen molar-refractivity contribution in [3.05, 3.63) is 0 Å². The van der Waals surface area contributed by atoms with Gasteiger partial charge in [-0.3, -0.25) is 4.79 Å². The number of hydrogen-bond donors (Lipinski definition) is 2. The average Bonchev–Trinajstić information content (AvgIpc) is 2.69. The monoisotopic (exact) mass is 288 g/mol. The van der Waals surface area contributed by atoms with Gasteiger partial charge in [-0.05, 0) is 31.2 Å². The lowest BCUT2D eigenvalue weighted by Gasteiger charge is -2.35. The Bertz CT molecular complexity index is 427. The van der Waals surface area contributed by atoms with Crippen LogP contribution in [-0.4, -0.2) is 38.4 Å². The van der Waals surface area contributed by atoms with Crippen LogP contribution in [0.3, 0.4) is 0 Å². The maximum Gasteiger partial charge on any atom is 0.220 e. The van der Waals surface area contributed by atoms with Crippen molar-refractivity contribution in [2.75, 3.05) is 18.1 Å². The van der Waals surface area contributed by atoms with E-state index in [0.29, 0.717) is 19.4 Å². The maximum absolute atomic E-state index is 12.1. The first kappa shape index (κ1) is 14.8. The molecule has 1 aliphatic carbocycles. The predicted molar refractivity (Wildman–Crippen MR) is 74.4 cm³/mol. The summed E-state index contributed by atoms with van der Waals surface area (Å²) in [6, 6.07) is -0.198. The third-order valence-corrected chi connectivity index (χ3v) is 6.25. The SMILES string of the molecule is NCC1(CC(=O)NC2CCS(=O)(=O)C2)CCCCC1. The molecule has 0 aromatic carbocycles. The van der Waals surface area contributed by atoms with Gasteiger partial charge in [-0.2, -0.15) is 0 Å². The van der Waals surface area contributed by atoms with E-state index < -0.39 is 9.84 Å². The summed E-state index contributed by atoms with van der Waals surface area (Å²) >= 11 is 0. The minimum absolute atomic E-state index is 0.0329. The minimum atomic E-state index is -2.93. The molecule has 1 saturated heterocycles. The number of carbonyl (C=O) groups is 1. The molecule has 2 aliphatic rings. The highest BCUT2D eigenvalue weighted by molar-refractivity contribution is 7.91. The lowest BCUT2D eigenvalue weighted by molar-refractivity contribution is -0.124. The van der Waals surface area contributed by atoms with Crippen molar-refractivity contribution in [2.24, 2.45) is 11.1 Å². The number of nitrogens with one attached hydrogen (secondary N) is 1. The Balaban J connectivity index is 1.86. The second-order valence-corrected chi connectivity index (χ2v) is 8.34. The number of hydrogen-bond acceptors (Lipinski definition) is 4. The van der Waals surface area contributed by atoms with Crippen LogP contribution in [0.5, 0.6) is 0 Å². The van der Waals surface area contributed by atoms with Gasteiger partial charge in [0, 0.05) is 12.5 Å². The van der Waals surface area contributed by atoms with E-state index in [9.17, 15) is 13.2 Å². The summed E-state index contributed by atoms with van der Waals surface area (Å²) in [4.78, 5) is 12.1. The molecule has 0 radical (unpaired) electrons. The van der Waals surface area contributed by atoms with E-state index in [4.69, 9.17) is 5.73 Å². The number of nitrogens with two attached hydrogens (primary N) is 1. The van der Waals surface area contributed by atoms with Crippen molar-refractivity contribution in [1.82, 2.24) is 5.32 Å². The van der Waals surface area contributed by atoms with Gasteiger partial charge in [-0.1, -0.05) is 19.3 Å². The molecule has 1 atom stereocenters. The Morgan fingerprint density at radius 3 is 2.47 bits per heavy atom. The summed E-state index contributed by atoms with van der Waals surface area (Å²) < 4.78 is 22.7. The van der Waals surface area contributed by atoms with Crippen LogP contribution in [0.2, 0.25) is 0 Å². The van der Waals surface area contributed by atoms with E-state index in [0.717, 1.165) is 25.7 Å². The number of amides is 1. The molecule has 1 heterocycles. The van der Waals surface area contributed by atoms with E-state index in [1.807, 2.05) is 0 Å². The topological polar surface area (TPSA) is 89.3 Å². The van der Waals surface area contributed by atoms with Crippen molar-refractivity contribution in [3.8, 4) is 0 Å². The van der Waals surface area contributed by atoms with Gasteiger partial charge in [0.2, 0.25) is 5.91 Å². The highest BCUT2D eigenvalue weighted by Gasteiger charge is 2.35. The van der Waals surface area contributed by atoms with Gasteiger partial charge in [0.15, 0.2) is 9.84 Å². The molecule has 2 rings (SSSR count). The zero-order chi connectivity index (χ0) is 13.9. The first-order valence-corrected chi connectivity index (χ1v) is 8.97. The van der Waals surface area contributed by atoms with E-state index in [-0.39, 0.29) is 28.9 Å². The fourth-order valence-corrected chi connectivity index (χ4v) is 4.96. The molecule has 2 fully saturated rings. The molecular weight excluding hydrogens is 264 g/mol. The molecule has 5 nitrogen and oxygen atoms in total. The van der Waals surface area contributed by atoms with Gasteiger partial charge in [-0.15, -0.1) is 0 Å². The van der Waals surface area contributed by atoms with Gasteiger partial charge >= 0.3 is 0 Å². The summed E-state index contributed by atoms with van der Waals surface area (Å²) in [6.45, 7) is 0.545. The molecular formula is C13H24N2O3S. The highest BCUT2D eigenvalue weighted by Crippen LogP contribution is 2.38. The highest BCUT2D eigenvalue weighted by atomic mass is 32.2. The first-order chi connectivity index (χ1) is 8.95. The zero-order valence-electron chi connectivity index (χ0n) is 11.4. The molecule has 0 spiro atoms. The molecule has 3 N–H and O–H groups in total. The van der Waals surface area contributed by atoms with Crippen molar-refractivity contribution in [2.45, 2.75) is 51.0 Å². The average molecular weight is 288 g/mol. The van der Waals surface area contributed by atoms with E-state index in [1.54, 1.807) is 0 Å². The van der Waals surface area contributed by atoms with Crippen molar-refractivity contribution in [1.29, 1.82) is 0 Å². The van der Waals surface area contributed by atoms with Crippen molar-refractivity contribution < 1.29 is 13.2 Å². The molecule has 0 aromatic heterocycles. The summed E-state index contributed by atoms with van der Waals surface area (Å²) in [6.07, 6.45) is 6.53. The van der Waals surface area contributed by atoms with Gasteiger partial charge in [0.1, 0.15) is 0 Å². The molecule has 0 aromatic rings. The number of rotatable bonds is 4. The molecule has 110 valence electrons. The van der Waals surface area contributed by atoms with Crippen LogP contribution in [0.15, 0.2) is 0 Å². The molecule has 1 aliphatic heterocycles. The van der Waals surface area contributed by atoms with Crippen LogP contribution in [0.25, 0.3) is 0 Å². The Hall–Kier alpha value is -0.620. The van der Waals surface area contributed by atoms with Gasteiger partial charge in [-0.25, -0.2) is 8.42 Å². The van der Waals surface area contributed by atoms with Crippen LogP contribution in [0.1, 0.15) is 44.9 Å². The molecule has 1 saturated carbocycles. The predicted octanol–water partition coefficient (Wildman–Crippen LogP) is 0.589. The lowest BCUT2D eigenvalue weighted by atomic mass is 9.71. The smallest absolute Gasteiger partial charge is 0.220 e. The third kappa shape index (κ3) is 3.92. The lowest BCUT2D eigenvalue weighted by Crippen LogP contribution is -2.42. The second kappa shape index (κ2) is 5.79. The van der Waals surface area contributed by atoms with Crippen LogP contribution >= 0.6 is 0 Å². The van der Waals surface area contributed by atoms with Crippen LogP contribution < -0.4 is 11.1 Å². The number of sulfone groups is 1. The van der Waals surface area contributed by atoms with Crippen LogP contribution in [0, 0.1) is 5.41 Å². The number of carbonyl (C=O) groups excluding carboxylic acids is 1. The molecule has 1 amide bonds. The Morgan fingerprint density at radius 1 is 1.26 bits per heavy atom. The largest absolute Gasteiger partial charge is 0.352 e. The van der Waals surface area contributed by atoms with E-state index >= 15 is 0 Å². The van der Waals surface area contributed by atoms with Crippen LogP contribution in [-0.2, 0) is 14.6 Å². The fraction of sp³-hybridized carbons (Fsp3) is 0.923. The maximum atomic E-state index is 12.1. The van der Waals surface area contributed by atoms with E-state index in [2.05, 4.69) is 5.32 Å². The Kier molecular flexibility index (Phi) is 4.50. The van der Waals surface area contributed by atoms with Gasteiger partial charge in [0.25, 0.3) is 0 Å². The quantitative estimate of drug-likeness (QED) is 0.792. The standard InChI is InChI=1S/C13H24N2O3S/c14-10-13(5-2-1-3-6-13)8-12(16)15-11-4-7-19(17,18)9-11/h11H,1-10,14H2,(H,15,16). The summed E-state index contributed by atoms with van der Waals surface area (Å²) in [7, 11) is -2.93. The second-order valence-electron chi connectivity index (χ2n) is 6.11. The molecule has 0 bridgehead atoms. The normalized spacial score (nSPS) is 29.0. The molecule has 19 heavy (non-hydrogen) atoms. The third-order valence-electron chi connectivity index (χ3n) is 4.48. The van der Waals surface area contributed by atoms with Crippen molar-refractivity contribution >= 4 is 15.7 Å². The van der Waals surface area contributed by atoms with Crippen molar-refractivity contribution in [3.63, 3.8) is 0 Å². The minimum Gasteiger partial charge on any atom is -0.352 e. The Morgan fingerprint density at radius 2 is 1.95 bits per heavy atom. The summed E-state index contributed by atoms with van der Waals surface area (Å²) in [5, 5.41) is 2.87.